The van der Waals surface area contributed by atoms with E-state index in [4.69, 9.17) is 27.9 Å². The molecule has 6 heteroatoms. The summed E-state index contributed by atoms with van der Waals surface area (Å²) in [7, 11) is 0. The minimum Gasteiger partial charge on any atom is -0.446 e. The van der Waals surface area contributed by atoms with Crippen molar-refractivity contribution < 1.29 is 9.53 Å². The number of hydrogen-bond acceptors (Lipinski definition) is 3. The summed E-state index contributed by atoms with van der Waals surface area (Å²) in [6.45, 7) is 0.971. The van der Waals surface area contributed by atoms with Crippen LogP contribution in [0.5, 0.6) is 0 Å². The molecule has 0 spiro atoms. The third-order valence-electron chi connectivity index (χ3n) is 5.49. The molecule has 2 aromatic carbocycles. The van der Waals surface area contributed by atoms with Crippen LogP contribution in [0.2, 0.25) is 10.0 Å². The summed E-state index contributed by atoms with van der Waals surface area (Å²) in [5.41, 5.74) is 1.92. The van der Waals surface area contributed by atoms with E-state index in [2.05, 4.69) is 34.5 Å². The summed E-state index contributed by atoms with van der Waals surface area (Å²) in [5.74, 6) is 0. The van der Waals surface area contributed by atoms with Gasteiger partial charge in [-0.25, -0.2) is 4.79 Å². The molecule has 4 nitrogen and oxygen atoms in total. The van der Waals surface area contributed by atoms with Crippen molar-refractivity contribution in [2.45, 2.75) is 50.4 Å². The van der Waals surface area contributed by atoms with E-state index in [0.717, 1.165) is 19.4 Å². The van der Waals surface area contributed by atoms with Crippen molar-refractivity contribution in [3.8, 4) is 0 Å². The number of hydrogen-bond donors (Lipinski definition) is 1. The smallest absolute Gasteiger partial charge is 0.411 e. The Hall–Kier alpha value is -1.75. The van der Waals surface area contributed by atoms with Crippen LogP contribution in [0, 0.1) is 0 Å². The molecule has 4 rings (SSSR count). The van der Waals surface area contributed by atoms with E-state index in [9.17, 15) is 4.79 Å². The summed E-state index contributed by atoms with van der Waals surface area (Å²) in [4.78, 5) is 14.8. The second kappa shape index (κ2) is 8.09. The summed E-state index contributed by atoms with van der Waals surface area (Å²) in [6, 6.07) is 16.5. The molecule has 0 radical (unpaired) electrons. The van der Waals surface area contributed by atoms with Gasteiger partial charge in [0, 0.05) is 37.2 Å². The average Bonchev–Trinajstić information content (AvgIpc) is 2.88. The Morgan fingerprint density at radius 1 is 1.04 bits per heavy atom. The number of nitrogens with one attached hydrogen (secondary N) is 1. The number of fused-ring (bicyclic) bond motifs is 2. The van der Waals surface area contributed by atoms with Crippen molar-refractivity contribution >= 4 is 35.0 Å². The number of carbonyl (C=O) groups excluding carboxylic acids is 1. The van der Waals surface area contributed by atoms with Crippen LogP contribution in [0.1, 0.15) is 31.2 Å². The Bertz CT molecular complexity index is 801. The monoisotopic (exact) mass is 404 g/mol. The molecule has 2 heterocycles. The van der Waals surface area contributed by atoms with Crippen molar-refractivity contribution in [1.29, 1.82) is 0 Å². The molecule has 2 atom stereocenters. The predicted molar refractivity (Wildman–Crippen MR) is 108 cm³/mol. The molecule has 0 saturated carbocycles. The minimum absolute atomic E-state index is 0.0442. The van der Waals surface area contributed by atoms with Crippen LogP contribution in [-0.4, -0.2) is 29.2 Å². The van der Waals surface area contributed by atoms with Crippen LogP contribution in [0.3, 0.4) is 0 Å². The summed E-state index contributed by atoms with van der Waals surface area (Å²) >= 11 is 11.9. The maximum atomic E-state index is 12.3. The number of nitrogens with zero attached hydrogens (tertiary/aromatic N) is 1. The quantitative estimate of drug-likeness (QED) is 0.706. The Morgan fingerprint density at radius 2 is 1.74 bits per heavy atom. The maximum absolute atomic E-state index is 12.3. The van der Waals surface area contributed by atoms with Gasteiger partial charge in [-0.3, -0.25) is 10.2 Å². The Labute approximate surface area is 169 Å². The molecule has 2 bridgehead atoms. The van der Waals surface area contributed by atoms with E-state index >= 15 is 0 Å². The van der Waals surface area contributed by atoms with Crippen LogP contribution >= 0.6 is 23.2 Å². The highest BCUT2D eigenvalue weighted by Crippen LogP contribution is 2.38. The first-order valence-corrected chi connectivity index (χ1v) is 10.1. The number of benzene rings is 2. The Kier molecular flexibility index (Phi) is 5.58. The van der Waals surface area contributed by atoms with Gasteiger partial charge in [0.25, 0.3) is 0 Å². The van der Waals surface area contributed by atoms with E-state index < -0.39 is 6.09 Å². The van der Waals surface area contributed by atoms with E-state index in [0.29, 0.717) is 27.8 Å². The number of halogens is 2. The van der Waals surface area contributed by atoms with Crippen LogP contribution in [-0.2, 0) is 11.3 Å². The highest BCUT2D eigenvalue weighted by Gasteiger charge is 2.41. The molecule has 27 heavy (non-hydrogen) atoms. The van der Waals surface area contributed by atoms with E-state index in [1.165, 1.54) is 18.4 Å². The molecule has 1 N–H and O–H groups in total. The highest BCUT2D eigenvalue weighted by atomic mass is 35.5. The Balaban J connectivity index is 1.33. The number of piperidine rings is 1. The van der Waals surface area contributed by atoms with Crippen molar-refractivity contribution in [3.63, 3.8) is 0 Å². The molecule has 2 aliphatic heterocycles. The molecule has 2 unspecified atom stereocenters. The molecular weight excluding hydrogens is 383 g/mol. The maximum Gasteiger partial charge on any atom is 0.411 e. The molecule has 0 aliphatic carbocycles. The third-order valence-corrected chi connectivity index (χ3v) is 6.23. The predicted octanol–water partition coefficient (Wildman–Crippen LogP) is 5.74. The first kappa shape index (κ1) is 18.6. The zero-order chi connectivity index (χ0) is 18.8. The van der Waals surface area contributed by atoms with Crippen LogP contribution in [0.15, 0.2) is 48.5 Å². The van der Waals surface area contributed by atoms with Gasteiger partial charge in [0.1, 0.15) is 6.10 Å². The SMILES string of the molecule is O=C(Nc1ccc(Cl)c(Cl)c1)OC1CC2CCC(C1)N2Cc1ccccc1. The summed E-state index contributed by atoms with van der Waals surface area (Å²) in [6.07, 6.45) is 3.64. The van der Waals surface area contributed by atoms with E-state index in [-0.39, 0.29) is 6.10 Å². The normalized spacial score (nSPS) is 24.6. The van der Waals surface area contributed by atoms with Crippen molar-refractivity contribution in [1.82, 2.24) is 4.90 Å². The first-order chi connectivity index (χ1) is 13.1. The number of ether oxygens (including phenoxy) is 1. The number of amides is 1. The second-order valence-electron chi connectivity index (χ2n) is 7.30. The molecular formula is C21H22Cl2N2O2. The van der Waals surface area contributed by atoms with Crippen molar-refractivity contribution in [3.05, 3.63) is 64.1 Å². The van der Waals surface area contributed by atoms with Crippen molar-refractivity contribution in [2.75, 3.05) is 5.32 Å². The fraction of sp³-hybridized carbons (Fsp3) is 0.381. The first-order valence-electron chi connectivity index (χ1n) is 9.31. The van der Waals surface area contributed by atoms with Gasteiger partial charge < -0.3 is 4.74 Å². The molecule has 142 valence electrons. The lowest BCUT2D eigenvalue weighted by molar-refractivity contribution is 0.0198. The van der Waals surface area contributed by atoms with Gasteiger partial charge in [-0.05, 0) is 36.6 Å². The lowest BCUT2D eigenvalue weighted by Crippen LogP contribution is -2.45. The van der Waals surface area contributed by atoms with Gasteiger partial charge in [0.15, 0.2) is 0 Å². The average molecular weight is 405 g/mol. The number of rotatable bonds is 4. The number of carbonyl (C=O) groups is 1. The largest absolute Gasteiger partial charge is 0.446 e. The topological polar surface area (TPSA) is 41.6 Å². The highest BCUT2D eigenvalue weighted by molar-refractivity contribution is 6.42. The van der Waals surface area contributed by atoms with Gasteiger partial charge in [0.2, 0.25) is 0 Å². The van der Waals surface area contributed by atoms with Gasteiger partial charge in [-0.15, -0.1) is 0 Å². The second-order valence-corrected chi connectivity index (χ2v) is 8.11. The van der Waals surface area contributed by atoms with E-state index in [1.54, 1.807) is 18.2 Å². The zero-order valence-electron chi connectivity index (χ0n) is 14.9. The van der Waals surface area contributed by atoms with Gasteiger partial charge in [-0.1, -0.05) is 53.5 Å². The minimum atomic E-state index is -0.436. The zero-order valence-corrected chi connectivity index (χ0v) is 16.4. The van der Waals surface area contributed by atoms with Crippen LogP contribution < -0.4 is 5.32 Å². The Morgan fingerprint density at radius 3 is 2.41 bits per heavy atom. The molecule has 2 aromatic rings. The van der Waals surface area contributed by atoms with Crippen molar-refractivity contribution in [2.24, 2.45) is 0 Å². The molecule has 1 amide bonds. The van der Waals surface area contributed by atoms with E-state index in [1.807, 2.05) is 6.07 Å². The lowest BCUT2D eigenvalue weighted by Gasteiger charge is -2.38. The number of anilines is 1. The fourth-order valence-corrected chi connectivity index (χ4v) is 4.54. The standard InChI is InChI=1S/C21H22Cl2N2O2/c22-19-9-6-15(10-20(19)23)24-21(26)27-18-11-16-7-8-17(12-18)25(16)13-14-4-2-1-3-5-14/h1-6,9-10,16-18H,7-8,11-13H2,(H,24,26). The summed E-state index contributed by atoms with van der Waals surface area (Å²) < 4.78 is 5.69. The molecule has 0 aromatic heterocycles. The third kappa shape index (κ3) is 4.40. The lowest BCUT2D eigenvalue weighted by atomic mass is 9.99. The van der Waals surface area contributed by atoms with Crippen LogP contribution in [0.4, 0.5) is 10.5 Å². The van der Waals surface area contributed by atoms with Gasteiger partial charge in [0.05, 0.1) is 10.0 Å². The van der Waals surface area contributed by atoms with Crippen LogP contribution in [0.25, 0.3) is 0 Å². The molecule has 2 saturated heterocycles. The molecule has 2 aliphatic rings. The fourth-order valence-electron chi connectivity index (χ4n) is 4.25. The molecule has 2 fully saturated rings. The summed E-state index contributed by atoms with van der Waals surface area (Å²) in [5, 5.41) is 3.60. The van der Waals surface area contributed by atoms with Gasteiger partial charge >= 0.3 is 6.09 Å². The van der Waals surface area contributed by atoms with Gasteiger partial charge in [-0.2, -0.15) is 0 Å².